The highest BCUT2D eigenvalue weighted by atomic mass is 16.4. The van der Waals surface area contributed by atoms with E-state index < -0.39 is 5.97 Å². The van der Waals surface area contributed by atoms with Gasteiger partial charge in [0.05, 0.1) is 12.5 Å². The van der Waals surface area contributed by atoms with Gasteiger partial charge in [0, 0.05) is 19.3 Å². The van der Waals surface area contributed by atoms with E-state index in [2.05, 4.69) is 4.98 Å². The first kappa shape index (κ1) is 10.4. The van der Waals surface area contributed by atoms with Gasteiger partial charge in [-0.15, -0.1) is 0 Å². The van der Waals surface area contributed by atoms with Crippen molar-refractivity contribution in [3.8, 4) is 0 Å². The maximum atomic E-state index is 11.8. The lowest BCUT2D eigenvalue weighted by Gasteiger charge is -2.17. The van der Waals surface area contributed by atoms with Crippen LogP contribution < -0.4 is 10.0 Å². The van der Waals surface area contributed by atoms with Crippen LogP contribution in [0, 0.1) is 0 Å². The highest BCUT2D eigenvalue weighted by Crippen LogP contribution is 2.16. The first-order chi connectivity index (χ1) is 7.68. The Hall–Kier alpha value is -2.11. The molecule has 1 saturated heterocycles. The number of aromatic nitrogens is 1. The molecule has 0 atom stereocenters. The summed E-state index contributed by atoms with van der Waals surface area (Å²) in [6.07, 6.45) is 1.59. The number of carbonyl (C=O) groups excluding carboxylic acids is 2. The van der Waals surface area contributed by atoms with Crippen molar-refractivity contribution in [3.05, 3.63) is 24.4 Å². The van der Waals surface area contributed by atoms with Crippen LogP contribution in [0.1, 0.15) is 0 Å². The average molecular weight is 220 g/mol. The minimum absolute atomic E-state index is 0.345. The number of amides is 2. The molecule has 1 aromatic heterocycles. The number of hydrogen-bond donors (Lipinski definition) is 0. The molecule has 0 N–H and O–H groups in total. The number of carboxylic acids is 1. The van der Waals surface area contributed by atoms with Crippen LogP contribution in [0.15, 0.2) is 24.4 Å². The Labute approximate surface area is 92.1 Å². The van der Waals surface area contributed by atoms with Crippen molar-refractivity contribution in [1.29, 1.82) is 0 Å². The molecule has 0 radical (unpaired) electrons. The number of rotatable bonds is 3. The van der Waals surface area contributed by atoms with Crippen molar-refractivity contribution in [2.75, 3.05) is 24.5 Å². The number of nitrogens with zero attached hydrogens (tertiary/aromatic N) is 3. The fourth-order valence-corrected chi connectivity index (χ4v) is 1.61. The lowest BCUT2D eigenvalue weighted by molar-refractivity contribution is -0.305. The SMILES string of the molecule is O=C([O-])CN1CCN(c2ccccn2)C1=O. The van der Waals surface area contributed by atoms with Gasteiger partial charge in [-0.05, 0) is 12.1 Å². The Morgan fingerprint density at radius 3 is 2.88 bits per heavy atom. The number of aliphatic carboxylic acids is 1. The van der Waals surface area contributed by atoms with E-state index in [1.54, 1.807) is 24.4 Å². The Bertz CT molecular complexity index is 407. The Balaban J connectivity index is 2.11. The normalized spacial score (nSPS) is 15.6. The predicted molar refractivity (Wildman–Crippen MR) is 53.6 cm³/mol. The van der Waals surface area contributed by atoms with Crippen molar-refractivity contribution in [2.24, 2.45) is 0 Å². The summed E-state index contributed by atoms with van der Waals surface area (Å²) in [6.45, 7) is 0.453. The van der Waals surface area contributed by atoms with Crippen LogP contribution in [0.2, 0.25) is 0 Å². The van der Waals surface area contributed by atoms with Gasteiger partial charge in [-0.2, -0.15) is 0 Å². The summed E-state index contributed by atoms with van der Waals surface area (Å²) in [7, 11) is 0. The molecule has 0 bridgehead atoms. The van der Waals surface area contributed by atoms with Crippen molar-refractivity contribution >= 4 is 17.8 Å². The molecular weight excluding hydrogens is 210 g/mol. The zero-order chi connectivity index (χ0) is 11.5. The molecular formula is C10H10N3O3-. The zero-order valence-corrected chi connectivity index (χ0v) is 8.50. The van der Waals surface area contributed by atoms with Crippen LogP contribution >= 0.6 is 0 Å². The van der Waals surface area contributed by atoms with Crippen LogP contribution in [0.5, 0.6) is 0 Å². The Morgan fingerprint density at radius 1 is 1.44 bits per heavy atom. The summed E-state index contributed by atoms with van der Waals surface area (Å²) in [6, 6.07) is 4.89. The van der Waals surface area contributed by atoms with Crippen LogP contribution in [0.3, 0.4) is 0 Å². The third-order valence-electron chi connectivity index (χ3n) is 2.34. The van der Waals surface area contributed by atoms with E-state index in [0.29, 0.717) is 18.9 Å². The Morgan fingerprint density at radius 2 is 2.25 bits per heavy atom. The first-order valence-electron chi connectivity index (χ1n) is 4.86. The molecule has 1 aliphatic heterocycles. The highest BCUT2D eigenvalue weighted by molar-refractivity contribution is 5.94. The van der Waals surface area contributed by atoms with Crippen molar-refractivity contribution in [2.45, 2.75) is 0 Å². The maximum Gasteiger partial charge on any atom is 0.326 e. The summed E-state index contributed by atoms with van der Waals surface area (Å²) in [5, 5.41) is 10.4. The minimum atomic E-state index is -1.25. The van der Waals surface area contributed by atoms with E-state index in [1.807, 2.05) is 0 Å². The van der Waals surface area contributed by atoms with E-state index in [1.165, 1.54) is 9.80 Å². The third-order valence-corrected chi connectivity index (χ3v) is 2.34. The first-order valence-corrected chi connectivity index (χ1v) is 4.86. The molecule has 2 rings (SSSR count). The minimum Gasteiger partial charge on any atom is -0.548 e. The lowest BCUT2D eigenvalue weighted by Crippen LogP contribution is -2.40. The van der Waals surface area contributed by atoms with Gasteiger partial charge in [0.1, 0.15) is 5.82 Å². The van der Waals surface area contributed by atoms with Gasteiger partial charge in [0.25, 0.3) is 0 Å². The molecule has 1 aliphatic rings. The third kappa shape index (κ3) is 1.95. The van der Waals surface area contributed by atoms with E-state index in [0.717, 1.165) is 0 Å². The standard InChI is InChI=1S/C10H11N3O3/c14-9(15)7-12-5-6-13(10(12)16)8-3-1-2-4-11-8/h1-4H,5-7H2,(H,14,15)/p-1. The van der Waals surface area contributed by atoms with Crippen LogP contribution in [0.25, 0.3) is 0 Å². The van der Waals surface area contributed by atoms with Gasteiger partial charge in [-0.3, -0.25) is 4.90 Å². The second-order valence-electron chi connectivity index (χ2n) is 3.42. The smallest absolute Gasteiger partial charge is 0.326 e. The lowest BCUT2D eigenvalue weighted by atomic mass is 10.4. The molecule has 84 valence electrons. The van der Waals surface area contributed by atoms with Gasteiger partial charge in [0.2, 0.25) is 0 Å². The number of urea groups is 1. The predicted octanol–water partition coefficient (Wildman–Crippen LogP) is -0.926. The van der Waals surface area contributed by atoms with Gasteiger partial charge in [0.15, 0.2) is 0 Å². The average Bonchev–Trinajstić information content (AvgIpc) is 2.61. The topological polar surface area (TPSA) is 76.6 Å². The fraction of sp³-hybridized carbons (Fsp3) is 0.300. The van der Waals surface area contributed by atoms with E-state index in [4.69, 9.17) is 0 Å². The molecule has 0 spiro atoms. The molecule has 1 aromatic rings. The van der Waals surface area contributed by atoms with Crippen LogP contribution in [0.4, 0.5) is 10.6 Å². The summed E-state index contributed by atoms with van der Waals surface area (Å²) < 4.78 is 0. The molecule has 1 fully saturated rings. The van der Waals surface area contributed by atoms with Gasteiger partial charge in [-0.1, -0.05) is 6.07 Å². The van der Waals surface area contributed by atoms with Crippen molar-refractivity contribution in [1.82, 2.24) is 9.88 Å². The van der Waals surface area contributed by atoms with Crippen LogP contribution in [-0.2, 0) is 4.79 Å². The van der Waals surface area contributed by atoms with Crippen molar-refractivity contribution < 1.29 is 14.7 Å². The quantitative estimate of drug-likeness (QED) is 0.659. The van der Waals surface area contributed by atoms with E-state index in [9.17, 15) is 14.7 Å². The van der Waals surface area contributed by atoms with E-state index in [-0.39, 0.29) is 12.6 Å². The molecule has 16 heavy (non-hydrogen) atoms. The fourth-order valence-electron chi connectivity index (χ4n) is 1.61. The Kier molecular flexibility index (Phi) is 2.72. The summed E-state index contributed by atoms with van der Waals surface area (Å²) in [5.74, 6) is -0.718. The van der Waals surface area contributed by atoms with E-state index >= 15 is 0 Å². The number of hydrogen-bond acceptors (Lipinski definition) is 4. The van der Waals surface area contributed by atoms with Gasteiger partial charge < -0.3 is 14.8 Å². The largest absolute Gasteiger partial charge is 0.548 e. The number of pyridine rings is 1. The van der Waals surface area contributed by atoms with Gasteiger partial charge in [-0.25, -0.2) is 9.78 Å². The van der Waals surface area contributed by atoms with Crippen molar-refractivity contribution in [3.63, 3.8) is 0 Å². The summed E-state index contributed by atoms with van der Waals surface area (Å²) >= 11 is 0. The summed E-state index contributed by atoms with van der Waals surface area (Å²) in [4.78, 5) is 28.9. The molecule has 0 unspecified atom stereocenters. The number of carboxylic acid groups (broad SMARTS) is 1. The van der Waals surface area contributed by atoms with Crippen LogP contribution in [-0.4, -0.2) is 41.5 Å². The molecule has 0 aromatic carbocycles. The van der Waals surface area contributed by atoms with Gasteiger partial charge >= 0.3 is 6.03 Å². The number of carbonyl (C=O) groups is 2. The zero-order valence-electron chi connectivity index (χ0n) is 8.50. The summed E-state index contributed by atoms with van der Waals surface area (Å²) in [5.41, 5.74) is 0. The molecule has 0 aliphatic carbocycles. The monoisotopic (exact) mass is 220 g/mol. The molecule has 6 heteroatoms. The number of anilines is 1. The second kappa shape index (κ2) is 4.18. The highest BCUT2D eigenvalue weighted by Gasteiger charge is 2.29. The second-order valence-corrected chi connectivity index (χ2v) is 3.42. The maximum absolute atomic E-state index is 11.8. The molecule has 2 amide bonds. The molecule has 0 saturated carbocycles. The molecule has 6 nitrogen and oxygen atoms in total. The molecule has 2 heterocycles.